The van der Waals surface area contributed by atoms with Gasteiger partial charge in [0.05, 0.1) is 27.8 Å². The van der Waals surface area contributed by atoms with Gasteiger partial charge in [0.25, 0.3) is 5.56 Å². The van der Waals surface area contributed by atoms with E-state index in [9.17, 15) is 4.79 Å². The topological polar surface area (TPSA) is 73.3 Å². The van der Waals surface area contributed by atoms with Crippen molar-refractivity contribution in [1.82, 2.24) is 19.4 Å². The van der Waals surface area contributed by atoms with Crippen LogP contribution < -0.4 is 5.56 Å². The highest BCUT2D eigenvalue weighted by atomic mass is 16.3. The van der Waals surface area contributed by atoms with Crippen molar-refractivity contribution in [3.8, 4) is 33.9 Å². The van der Waals surface area contributed by atoms with Crippen molar-refractivity contribution < 1.29 is 4.42 Å². The molecule has 3 aromatic heterocycles. The normalized spacial score (nSPS) is 11.4. The first-order chi connectivity index (χ1) is 17.7. The van der Waals surface area contributed by atoms with Gasteiger partial charge in [-0.2, -0.15) is 4.98 Å². The van der Waals surface area contributed by atoms with Crippen LogP contribution in [0.5, 0.6) is 0 Å². The highest BCUT2D eigenvalue weighted by molar-refractivity contribution is 5.87. The van der Waals surface area contributed by atoms with E-state index in [1.807, 2.05) is 97.1 Å². The van der Waals surface area contributed by atoms with Crippen molar-refractivity contribution in [2.24, 2.45) is 0 Å². The number of nitrogens with zero attached hydrogens (tertiary/aromatic N) is 4. The minimum absolute atomic E-state index is 0.163. The van der Waals surface area contributed by atoms with Crippen LogP contribution in [0.2, 0.25) is 0 Å². The van der Waals surface area contributed by atoms with Crippen LogP contribution in [0.15, 0.2) is 118 Å². The van der Waals surface area contributed by atoms with E-state index in [1.165, 1.54) is 4.40 Å². The van der Waals surface area contributed by atoms with Crippen LogP contribution in [-0.2, 0) is 0 Å². The fourth-order valence-corrected chi connectivity index (χ4v) is 4.50. The second-order valence-electron chi connectivity index (χ2n) is 8.53. The highest BCUT2D eigenvalue weighted by Gasteiger charge is 2.15. The summed E-state index contributed by atoms with van der Waals surface area (Å²) < 4.78 is 7.46. The molecule has 0 aliphatic rings. The van der Waals surface area contributed by atoms with E-state index in [1.54, 1.807) is 12.1 Å². The largest absolute Gasteiger partial charge is 0.424 e. The number of aromatic nitrogens is 4. The molecule has 0 aliphatic heterocycles. The fraction of sp³-hybridized carbons (Fsp3) is 0. The molecule has 0 unspecified atom stereocenters. The molecule has 7 aromatic rings. The summed E-state index contributed by atoms with van der Waals surface area (Å²) in [5.41, 5.74) is 6.06. The Bertz CT molecular complexity index is 1900. The molecule has 36 heavy (non-hydrogen) atoms. The quantitative estimate of drug-likeness (QED) is 0.302. The lowest BCUT2D eigenvalue weighted by Crippen LogP contribution is -2.12. The van der Waals surface area contributed by atoms with Crippen molar-refractivity contribution in [1.29, 1.82) is 0 Å². The number of para-hydroxylation sites is 1. The molecule has 0 saturated heterocycles. The zero-order valence-corrected chi connectivity index (χ0v) is 19.0. The summed E-state index contributed by atoms with van der Waals surface area (Å²) in [5, 5.41) is 0.509. The van der Waals surface area contributed by atoms with Crippen LogP contribution in [0.4, 0.5) is 0 Å². The smallest absolute Gasteiger partial charge is 0.310 e. The first kappa shape index (κ1) is 20.3. The molecule has 3 heterocycles. The van der Waals surface area contributed by atoms with E-state index in [0.717, 1.165) is 28.1 Å². The van der Waals surface area contributed by atoms with Gasteiger partial charge in [-0.3, -0.25) is 4.79 Å². The van der Waals surface area contributed by atoms with E-state index >= 15 is 0 Å². The molecule has 0 radical (unpaired) electrons. The monoisotopic (exact) mass is 466 g/mol. The molecule has 6 heteroatoms. The second-order valence-corrected chi connectivity index (χ2v) is 8.53. The van der Waals surface area contributed by atoms with Gasteiger partial charge < -0.3 is 4.42 Å². The standard InChI is InChI=1S/C30H18N4O2/c35-29-22-13-7-8-14-27(22)36-30-33-23-16-15-21(17-26(23)34(29)30)25-18-24(19-9-3-1-4-10-19)31-28(32-25)20-11-5-2-6-12-20/h1-18H. The Hall–Kier alpha value is -5.10. The lowest BCUT2D eigenvalue weighted by Gasteiger charge is -2.09. The Labute approximate surface area is 205 Å². The summed E-state index contributed by atoms with van der Waals surface area (Å²) in [6.45, 7) is 0. The first-order valence-corrected chi connectivity index (χ1v) is 11.6. The van der Waals surface area contributed by atoms with Crippen LogP contribution in [0.25, 0.3) is 61.7 Å². The maximum Gasteiger partial charge on any atom is 0.310 e. The highest BCUT2D eigenvalue weighted by Crippen LogP contribution is 2.29. The van der Waals surface area contributed by atoms with E-state index in [0.29, 0.717) is 27.8 Å². The van der Waals surface area contributed by atoms with E-state index < -0.39 is 0 Å². The number of hydrogen-bond donors (Lipinski definition) is 0. The minimum atomic E-state index is -0.163. The van der Waals surface area contributed by atoms with E-state index in [2.05, 4.69) is 4.98 Å². The summed E-state index contributed by atoms with van der Waals surface area (Å²) in [6, 6.07) is 34.9. The average Bonchev–Trinajstić information content (AvgIpc) is 3.31. The van der Waals surface area contributed by atoms with Gasteiger partial charge in [-0.25, -0.2) is 14.4 Å². The Morgan fingerprint density at radius 2 is 1.28 bits per heavy atom. The number of hydrogen-bond acceptors (Lipinski definition) is 5. The van der Waals surface area contributed by atoms with Crippen molar-refractivity contribution >= 4 is 27.8 Å². The molecule has 0 fully saturated rings. The predicted molar refractivity (Wildman–Crippen MR) is 141 cm³/mol. The van der Waals surface area contributed by atoms with Crippen molar-refractivity contribution in [2.45, 2.75) is 0 Å². The summed E-state index contributed by atoms with van der Waals surface area (Å²) in [6.07, 6.45) is 0. The van der Waals surface area contributed by atoms with Gasteiger partial charge in [-0.05, 0) is 30.3 Å². The molecule has 7 rings (SSSR count). The molecule has 4 aromatic carbocycles. The zero-order valence-electron chi connectivity index (χ0n) is 19.0. The minimum Gasteiger partial charge on any atom is -0.424 e. The van der Waals surface area contributed by atoms with Gasteiger partial charge >= 0.3 is 5.84 Å². The van der Waals surface area contributed by atoms with Gasteiger partial charge in [-0.15, -0.1) is 0 Å². The summed E-state index contributed by atoms with van der Waals surface area (Å²) >= 11 is 0. The van der Waals surface area contributed by atoms with Gasteiger partial charge in [0, 0.05) is 16.7 Å². The molecule has 0 amide bonds. The van der Waals surface area contributed by atoms with Crippen LogP contribution in [-0.4, -0.2) is 19.4 Å². The molecule has 6 nitrogen and oxygen atoms in total. The molecule has 0 aliphatic carbocycles. The van der Waals surface area contributed by atoms with Crippen molar-refractivity contribution in [3.63, 3.8) is 0 Å². The lowest BCUT2D eigenvalue weighted by atomic mass is 10.1. The number of benzene rings is 4. The Kier molecular flexibility index (Phi) is 4.50. The Morgan fingerprint density at radius 3 is 2.06 bits per heavy atom. The summed E-state index contributed by atoms with van der Waals surface area (Å²) in [5.74, 6) is 0.902. The molecule has 0 saturated carbocycles. The van der Waals surface area contributed by atoms with Gasteiger partial charge in [0.1, 0.15) is 5.58 Å². The third-order valence-corrected chi connectivity index (χ3v) is 6.27. The van der Waals surface area contributed by atoms with E-state index in [-0.39, 0.29) is 11.4 Å². The first-order valence-electron chi connectivity index (χ1n) is 11.6. The maximum absolute atomic E-state index is 13.3. The van der Waals surface area contributed by atoms with Crippen molar-refractivity contribution in [2.75, 3.05) is 0 Å². The molecule has 0 spiro atoms. The second kappa shape index (κ2) is 7.99. The maximum atomic E-state index is 13.3. The van der Waals surface area contributed by atoms with Crippen LogP contribution in [0.1, 0.15) is 0 Å². The number of imidazole rings is 1. The molecular formula is C30H18N4O2. The molecule has 0 atom stereocenters. The fourth-order valence-electron chi connectivity index (χ4n) is 4.50. The predicted octanol–water partition coefficient (Wildman–Crippen LogP) is 6.38. The van der Waals surface area contributed by atoms with Crippen LogP contribution in [0.3, 0.4) is 0 Å². The number of rotatable bonds is 3. The van der Waals surface area contributed by atoms with Gasteiger partial charge in [0.15, 0.2) is 5.82 Å². The van der Waals surface area contributed by atoms with Crippen molar-refractivity contribution in [3.05, 3.63) is 120 Å². The molecule has 0 N–H and O–H groups in total. The Morgan fingerprint density at radius 1 is 0.611 bits per heavy atom. The SMILES string of the molecule is O=c1c2ccccc2oc2nc3ccc(-c4cc(-c5ccccc5)nc(-c5ccccc5)n4)cc3n12. The average molecular weight is 467 g/mol. The summed E-state index contributed by atoms with van der Waals surface area (Å²) in [4.78, 5) is 27.6. The molecule has 0 bridgehead atoms. The zero-order chi connectivity index (χ0) is 24.1. The van der Waals surface area contributed by atoms with Gasteiger partial charge in [-0.1, -0.05) is 78.9 Å². The summed E-state index contributed by atoms with van der Waals surface area (Å²) in [7, 11) is 0. The van der Waals surface area contributed by atoms with Crippen LogP contribution >= 0.6 is 0 Å². The molecule has 170 valence electrons. The Balaban J connectivity index is 1.48. The third-order valence-electron chi connectivity index (χ3n) is 6.27. The number of fused-ring (bicyclic) bond motifs is 4. The lowest BCUT2D eigenvalue weighted by molar-refractivity contribution is 0.616. The molecular weight excluding hydrogens is 448 g/mol. The van der Waals surface area contributed by atoms with Gasteiger partial charge in [0.2, 0.25) is 0 Å². The van der Waals surface area contributed by atoms with Crippen LogP contribution in [0, 0.1) is 0 Å². The van der Waals surface area contributed by atoms with E-state index in [4.69, 9.17) is 14.4 Å². The third kappa shape index (κ3) is 3.27.